The Labute approximate surface area is 119 Å². The average Bonchev–Trinajstić information content (AvgIpc) is 2.44. The largest absolute Gasteiger partial charge is 0.491 e. The molecule has 0 amide bonds. The van der Waals surface area contributed by atoms with E-state index in [0.717, 1.165) is 29.4 Å². The molecule has 1 N–H and O–H groups in total. The molecule has 2 rings (SSSR count). The van der Waals surface area contributed by atoms with E-state index in [1.165, 1.54) is 6.42 Å². The third-order valence-corrected chi connectivity index (χ3v) is 3.36. The van der Waals surface area contributed by atoms with Crippen molar-refractivity contribution in [2.75, 3.05) is 0 Å². The Kier molecular flexibility index (Phi) is 4.61. The molecule has 0 aromatic heterocycles. The third-order valence-electron chi connectivity index (χ3n) is 3.36. The highest BCUT2D eigenvalue weighted by atomic mass is 16.5. The minimum atomic E-state index is -0.902. The monoisotopic (exact) mass is 272 g/mol. The summed E-state index contributed by atoms with van der Waals surface area (Å²) < 4.78 is 5.89. The number of fused-ring (bicyclic) bond motifs is 1. The molecule has 0 radical (unpaired) electrons. The van der Waals surface area contributed by atoms with Gasteiger partial charge in [0.05, 0.1) is 11.7 Å². The molecule has 0 saturated heterocycles. The van der Waals surface area contributed by atoms with Crippen LogP contribution in [-0.4, -0.2) is 17.2 Å². The fourth-order valence-corrected chi connectivity index (χ4v) is 2.21. The van der Waals surface area contributed by atoms with Crippen molar-refractivity contribution in [2.24, 2.45) is 0 Å². The summed E-state index contributed by atoms with van der Waals surface area (Å²) in [6.45, 7) is 4.25. The Balaban J connectivity index is 2.17. The SMILES string of the molecule is CCCCC(C)Oc1ccc2cc(C(=O)O)ccc2c1. The van der Waals surface area contributed by atoms with E-state index in [1.54, 1.807) is 12.1 Å². The van der Waals surface area contributed by atoms with Crippen LogP contribution < -0.4 is 4.74 Å². The van der Waals surface area contributed by atoms with Crippen LogP contribution in [0, 0.1) is 0 Å². The van der Waals surface area contributed by atoms with Crippen molar-refractivity contribution in [2.45, 2.75) is 39.2 Å². The van der Waals surface area contributed by atoms with Crippen molar-refractivity contribution in [3.8, 4) is 5.75 Å². The van der Waals surface area contributed by atoms with Crippen LogP contribution in [0.1, 0.15) is 43.5 Å². The van der Waals surface area contributed by atoms with E-state index >= 15 is 0 Å². The average molecular weight is 272 g/mol. The van der Waals surface area contributed by atoms with Crippen LogP contribution in [0.2, 0.25) is 0 Å². The predicted octanol–water partition coefficient (Wildman–Crippen LogP) is 4.50. The van der Waals surface area contributed by atoms with Gasteiger partial charge in [0.1, 0.15) is 5.75 Å². The lowest BCUT2D eigenvalue weighted by molar-refractivity contribution is 0.0697. The minimum Gasteiger partial charge on any atom is -0.491 e. The summed E-state index contributed by atoms with van der Waals surface area (Å²) in [6.07, 6.45) is 3.58. The zero-order valence-electron chi connectivity index (χ0n) is 11.9. The highest BCUT2D eigenvalue weighted by Crippen LogP contribution is 2.23. The fourth-order valence-electron chi connectivity index (χ4n) is 2.21. The number of benzene rings is 2. The number of carboxylic acid groups (broad SMARTS) is 1. The van der Waals surface area contributed by atoms with Gasteiger partial charge in [-0.3, -0.25) is 0 Å². The number of rotatable bonds is 6. The van der Waals surface area contributed by atoms with E-state index in [-0.39, 0.29) is 6.10 Å². The summed E-state index contributed by atoms with van der Waals surface area (Å²) in [5.41, 5.74) is 0.308. The van der Waals surface area contributed by atoms with Crippen molar-refractivity contribution in [3.63, 3.8) is 0 Å². The number of carbonyl (C=O) groups is 1. The number of hydrogen-bond donors (Lipinski definition) is 1. The molecular weight excluding hydrogens is 252 g/mol. The molecule has 2 aromatic carbocycles. The molecule has 0 aliphatic rings. The molecule has 0 bridgehead atoms. The number of aromatic carboxylic acids is 1. The van der Waals surface area contributed by atoms with Gasteiger partial charge >= 0.3 is 5.97 Å². The molecule has 0 aliphatic carbocycles. The zero-order chi connectivity index (χ0) is 14.5. The van der Waals surface area contributed by atoms with E-state index in [1.807, 2.05) is 24.3 Å². The summed E-state index contributed by atoms with van der Waals surface area (Å²) in [4.78, 5) is 10.9. The van der Waals surface area contributed by atoms with Crippen LogP contribution in [0.25, 0.3) is 10.8 Å². The first kappa shape index (κ1) is 14.4. The molecule has 1 unspecified atom stereocenters. The summed E-state index contributed by atoms with van der Waals surface area (Å²) in [7, 11) is 0. The molecule has 20 heavy (non-hydrogen) atoms. The number of carboxylic acids is 1. The van der Waals surface area contributed by atoms with Gasteiger partial charge in [-0.25, -0.2) is 4.79 Å². The van der Waals surface area contributed by atoms with E-state index in [2.05, 4.69) is 13.8 Å². The summed E-state index contributed by atoms with van der Waals surface area (Å²) in [5, 5.41) is 10.9. The van der Waals surface area contributed by atoms with Gasteiger partial charge < -0.3 is 9.84 Å². The standard InChI is InChI=1S/C17H20O3/c1-3-4-5-12(2)20-16-9-8-13-10-15(17(18)19)7-6-14(13)11-16/h6-12H,3-5H2,1-2H3,(H,18,19). The first-order chi connectivity index (χ1) is 9.60. The van der Waals surface area contributed by atoms with Crippen LogP contribution in [0.5, 0.6) is 5.75 Å². The van der Waals surface area contributed by atoms with Gasteiger partial charge in [-0.15, -0.1) is 0 Å². The van der Waals surface area contributed by atoms with Crippen molar-refractivity contribution in [3.05, 3.63) is 42.0 Å². The summed E-state index contributed by atoms with van der Waals surface area (Å²) in [5.74, 6) is -0.0652. The number of hydrogen-bond acceptors (Lipinski definition) is 2. The molecule has 0 heterocycles. The van der Waals surface area contributed by atoms with Gasteiger partial charge in [0, 0.05) is 0 Å². The molecule has 3 heteroatoms. The first-order valence-corrected chi connectivity index (χ1v) is 7.04. The highest BCUT2D eigenvalue weighted by molar-refractivity contribution is 5.94. The predicted molar refractivity (Wildman–Crippen MR) is 80.5 cm³/mol. The second-order valence-electron chi connectivity index (χ2n) is 5.10. The number of ether oxygens (including phenoxy) is 1. The lowest BCUT2D eigenvalue weighted by Gasteiger charge is -2.14. The zero-order valence-corrected chi connectivity index (χ0v) is 11.9. The summed E-state index contributed by atoms with van der Waals surface area (Å²) in [6, 6.07) is 10.9. The van der Waals surface area contributed by atoms with Crippen LogP contribution >= 0.6 is 0 Å². The van der Waals surface area contributed by atoms with Gasteiger partial charge in [-0.2, -0.15) is 0 Å². The molecule has 0 spiro atoms. The van der Waals surface area contributed by atoms with Crippen molar-refractivity contribution in [1.29, 1.82) is 0 Å². The lowest BCUT2D eigenvalue weighted by Crippen LogP contribution is -2.11. The maximum atomic E-state index is 10.9. The van der Waals surface area contributed by atoms with Gasteiger partial charge in [0.2, 0.25) is 0 Å². The topological polar surface area (TPSA) is 46.5 Å². The highest BCUT2D eigenvalue weighted by Gasteiger charge is 2.06. The van der Waals surface area contributed by atoms with Gasteiger partial charge in [-0.05, 0) is 48.4 Å². The van der Waals surface area contributed by atoms with Crippen LogP contribution in [-0.2, 0) is 0 Å². The third kappa shape index (κ3) is 3.50. The van der Waals surface area contributed by atoms with Gasteiger partial charge in [0.25, 0.3) is 0 Å². The normalized spacial score (nSPS) is 12.3. The van der Waals surface area contributed by atoms with Crippen LogP contribution in [0.15, 0.2) is 36.4 Å². The minimum absolute atomic E-state index is 0.200. The van der Waals surface area contributed by atoms with E-state index in [4.69, 9.17) is 9.84 Å². The van der Waals surface area contributed by atoms with Crippen molar-refractivity contribution in [1.82, 2.24) is 0 Å². The van der Waals surface area contributed by atoms with Crippen LogP contribution in [0.3, 0.4) is 0 Å². The molecule has 1 atom stereocenters. The maximum Gasteiger partial charge on any atom is 0.335 e. The Morgan fingerprint density at radius 1 is 1.20 bits per heavy atom. The Morgan fingerprint density at radius 2 is 1.90 bits per heavy atom. The second-order valence-corrected chi connectivity index (χ2v) is 5.10. The first-order valence-electron chi connectivity index (χ1n) is 7.04. The smallest absolute Gasteiger partial charge is 0.335 e. The van der Waals surface area contributed by atoms with Crippen LogP contribution in [0.4, 0.5) is 0 Å². The van der Waals surface area contributed by atoms with Crippen molar-refractivity contribution < 1.29 is 14.6 Å². The van der Waals surface area contributed by atoms with E-state index < -0.39 is 5.97 Å². The lowest BCUT2D eigenvalue weighted by atomic mass is 10.1. The molecular formula is C17H20O3. The molecule has 3 nitrogen and oxygen atoms in total. The van der Waals surface area contributed by atoms with E-state index in [0.29, 0.717) is 5.56 Å². The molecule has 0 aliphatic heterocycles. The Morgan fingerprint density at radius 3 is 2.60 bits per heavy atom. The molecule has 106 valence electrons. The molecule has 0 fully saturated rings. The van der Waals surface area contributed by atoms with E-state index in [9.17, 15) is 4.79 Å². The second kappa shape index (κ2) is 6.42. The maximum absolute atomic E-state index is 10.9. The molecule has 2 aromatic rings. The van der Waals surface area contributed by atoms with Crippen molar-refractivity contribution >= 4 is 16.7 Å². The Bertz CT molecular complexity index is 604. The Hall–Kier alpha value is -2.03. The summed E-state index contributed by atoms with van der Waals surface area (Å²) >= 11 is 0. The quantitative estimate of drug-likeness (QED) is 0.842. The fraction of sp³-hybridized carbons (Fsp3) is 0.353. The number of unbranched alkanes of at least 4 members (excludes halogenated alkanes) is 1. The molecule has 0 saturated carbocycles. The van der Waals surface area contributed by atoms with Gasteiger partial charge in [-0.1, -0.05) is 31.9 Å². The van der Waals surface area contributed by atoms with Gasteiger partial charge in [0.15, 0.2) is 0 Å².